The summed E-state index contributed by atoms with van der Waals surface area (Å²) >= 11 is 0. The highest BCUT2D eigenvalue weighted by atomic mass is 16.5. The van der Waals surface area contributed by atoms with Gasteiger partial charge in [-0.05, 0) is 19.8 Å². The largest absolute Gasteiger partial charge is 0.481 e. The number of ether oxygens (including phenoxy) is 1. The molecule has 4 atom stereocenters. The minimum absolute atomic E-state index is 0.00526. The molecule has 2 N–H and O–H groups in total. The lowest BCUT2D eigenvalue weighted by molar-refractivity contribution is -0.156. The maximum absolute atomic E-state index is 11.0. The first-order valence-electron chi connectivity index (χ1n) is 5.85. The molecule has 0 bridgehead atoms. The highest BCUT2D eigenvalue weighted by molar-refractivity contribution is 5.72. The number of aliphatic carboxylic acids is 1. The summed E-state index contributed by atoms with van der Waals surface area (Å²) in [5.41, 5.74) is 0. The summed E-state index contributed by atoms with van der Waals surface area (Å²) in [7, 11) is 0. The topological polar surface area (TPSA) is 70.0 Å². The molecule has 0 amide bonds. The molecule has 0 aromatic heterocycles. The van der Waals surface area contributed by atoms with Crippen molar-refractivity contribution >= 4 is 5.97 Å². The molecule has 0 aromatic carbocycles. The number of carboxylic acids is 1. The minimum Gasteiger partial charge on any atom is -0.481 e. The van der Waals surface area contributed by atoms with Crippen molar-refractivity contribution in [3.63, 3.8) is 0 Å². The van der Waals surface area contributed by atoms with Crippen LogP contribution in [0.25, 0.3) is 0 Å². The molecule has 1 aliphatic carbocycles. The summed E-state index contributed by atoms with van der Waals surface area (Å²) in [6.45, 7) is 3.38. The lowest BCUT2D eigenvalue weighted by Gasteiger charge is -2.47. The molecule has 5 heteroatoms. The van der Waals surface area contributed by atoms with Crippen LogP contribution in [0.1, 0.15) is 19.8 Å². The monoisotopic (exact) mass is 229 g/mol. The molecule has 0 radical (unpaired) electrons. The van der Waals surface area contributed by atoms with Crippen LogP contribution in [0.15, 0.2) is 0 Å². The van der Waals surface area contributed by atoms with E-state index in [0.717, 1.165) is 19.4 Å². The van der Waals surface area contributed by atoms with E-state index in [1.807, 2.05) is 6.92 Å². The predicted molar refractivity (Wildman–Crippen MR) is 57.1 cm³/mol. The number of carbonyl (C=O) groups is 1. The molecule has 16 heavy (non-hydrogen) atoms. The highest BCUT2D eigenvalue weighted by Crippen LogP contribution is 2.33. The van der Waals surface area contributed by atoms with E-state index in [9.17, 15) is 4.79 Å². The van der Waals surface area contributed by atoms with Gasteiger partial charge in [0.2, 0.25) is 0 Å². The van der Waals surface area contributed by atoms with Crippen LogP contribution in [0.3, 0.4) is 0 Å². The van der Waals surface area contributed by atoms with Crippen LogP contribution in [0.5, 0.6) is 0 Å². The zero-order chi connectivity index (χ0) is 11.7. The first kappa shape index (κ1) is 11.8. The van der Waals surface area contributed by atoms with Gasteiger partial charge in [0.05, 0.1) is 24.7 Å². The van der Waals surface area contributed by atoms with Gasteiger partial charge in [-0.2, -0.15) is 0 Å². The summed E-state index contributed by atoms with van der Waals surface area (Å²) in [5.74, 6) is -0.930. The molecule has 1 saturated heterocycles. The van der Waals surface area contributed by atoms with Crippen molar-refractivity contribution in [3.8, 4) is 0 Å². The molecule has 5 nitrogen and oxygen atoms in total. The Balaban J connectivity index is 1.96. The van der Waals surface area contributed by atoms with Crippen molar-refractivity contribution in [2.45, 2.75) is 38.0 Å². The fourth-order valence-electron chi connectivity index (χ4n) is 2.66. The second kappa shape index (κ2) is 4.69. The third-order valence-corrected chi connectivity index (χ3v) is 3.58. The molecule has 2 fully saturated rings. The Labute approximate surface area is 95.0 Å². The van der Waals surface area contributed by atoms with Crippen LogP contribution >= 0.6 is 0 Å². The van der Waals surface area contributed by atoms with Gasteiger partial charge in [0.1, 0.15) is 0 Å². The summed E-state index contributed by atoms with van der Waals surface area (Å²) in [6.07, 6.45) is 1.62. The Hall–Kier alpha value is -0.650. The molecular formula is C11H19NO4. The predicted octanol–water partition coefficient (Wildman–Crippen LogP) is -0.0688. The third kappa shape index (κ3) is 2.21. The number of rotatable bonds is 3. The van der Waals surface area contributed by atoms with E-state index in [4.69, 9.17) is 14.9 Å². The van der Waals surface area contributed by atoms with Gasteiger partial charge < -0.3 is 14.9 Å². The maximum Gasteiger partial charge on any atom is 0.308 e. The molecular weight excluding hydrogens is 210 g/mol. The van der Waals surface area contributed by atoms with E-state index in [1.165, 1.54) is 0 Å². The Morgan fingerprint density at radius 2 is 2.19 bits per heavy atom. The fraction of sp³-hybridized carbons (Fsp3) is 0.909. The molecule has 1 heterocycles. The van der Waals surface area contributed by atoms with Crippen molar-refractivity contribution < 1.29 is 19.7 Å². The first-order valence-corrected chi connectivity index (χ1v) is 5.85. The van der Waals surface area contributed by atoms with E-state index in [0.29, 0.717) is 6.54 Å². The number of hydrogen-bond donors (Lipinski definition) is 2. The zero-order valence-corrected chi connectivity index (χ0v) is 9.50. The number of morpholine rings is 1. The van der Waals surface area contributed by atoms with E-state index in [1.54, 1.807) is 0 Å². The van der Waals surface area contributed by atoms with Crippen LogP contribution in [0.4, 0.5) is 0 Å². The number of aliphatic hydroxyl groups is 1. The van der Waals surface area contributed by atoms with Gasteiger partial charge in [-0.25, -0.2) is 0 Å². The smallest absolute Gasteiger partial charge is 0.308 e. The van der Waals surface area contributed by atoms with Crippen molar-refractivity contribution in [2.75, 3.05) is 19.7 Å². The Kier molecular flexibility index (Phi) is 3.47. The van der Waals surface area contributed by atoms with E-state index in [-0.39, 0.29) is 30.8 Å². The van der Waals surface area contributed by atoms with E-state index < -0.39 is 5.97 Å². The van der Waals surface area contributed by atoms with Gasteiger partial charge in [0.25, 0.3) is 0 Å². The maximum atomic E-state index is 11.0. The minimum atomic E-state index is -0.698. The van der Waals surface area contributed by atoms with Crippen LogP contribution < -0.4 is 0 Å². The number of hydrogen-bond acceptors (Lipinski definition) is 4. The summed E-state index contributed by atoms with van der Waals surface area (Å²) < 4.78 is 5.54. The van der Waals surface area contributed by atoms with Gasteiger partial charge in [-0.1, -0.05) is 0 Å². The third-order valence-electron chi connectivity index (χ3n) is 3.58. The average molecular weight is 229 g/mol. The Morgan fingerprint density at radius 3 is 2.69 bits per heavy atom. The lowest BCUT2D eigenvalue weighted by atomic mass is 9.78. The average Bonchev–Trinajstić information content (AvgIpc) is 2.13. The summed E-state index contributed by atoms with van der Waals surface area (Å²) in [4.78, 5) is 13.1. The second-order valence-corrected chi connectivity index (χ2v) is 4.79. The first-order chi connectivity index (χ1) is 7.61. The lowest BCUT2D eigenvalue weighted by Crippen LogP contribution is -2.58. The Morgan fingerprint density at radius 1 is 1.44 bits per heavy atom. The van der Waals surface area contributed by atoms with E-state index >= 15 is 0 Å². The molecule has 2 aliphatic rings. The van der Waals surface area contributed by atoms with Gasteiger partial charge in [-0.15, -0.1) is 0 Å². The molecule has 0 spiro atoms. The molecule has 92 valence electrons. The molecule has 2 rings (SSSR count). The van der Waals surface area contributed by atoms with Gasteiger partial charge in [0, 0.05) is 19.1 Å². The van der Waals surface area contributed by atoms with Crippen molar-refractivity contribution in [1.82, 2.24) is 4.90 Å². The van der Waals surface area contributed by atoms with E-state index in [2.05, 4.69) is 4.90 Å². The van der Waals surface area contributed by atoms with Crippen molar-refractivity contribution in [2.24, 2.45) is 5.92 Å². The van der Waals surface area contributed by atoms with Gasteiger partial charge >= 0.3 is 5.97 Å². The number of aliphatic hydroxyl groups excluding tert-OH is 1. The number of carboxylic acid groups (broad SMARTS) is 1. The molecule has 1 saturated carbocycles. The Bertz CT molecular complexity index is 271. The SMILES string of the molecule is CC1CN(C2CCC2C(=O)O)CC(CO)O1. The standard InChI is InChI=1S/C11H19NO4/c1-7-4-12(5-8(6-13)16-7)10-3-2-9(10)11(14)15/h7-10,13H,2-6H2,1H3,(H,14,15). The van der Waals surface area contributed by atoms with Crippen LogP contribution in [0.2, 0.25) is 0 Å². The second-order valence-electron chi connectivity index (χ2n) is 4.79. The van der Waals surface area contributed by atoms with Crippen LogP contribution in [0, 0.1) is 5.92 Å². The fourth-order valence-corrected chi connectivity index (χ4v) is 2.66. The van der Waals surface area contributed by atoms with Gasteiger partial charge in [0.15, 0.2) is 0 Å². The van der Waals surface area contributed by atoms with Gasteiger partial charge in [-0.3, -0.25) is 9.69 Å². The molecule has 1 aliphatic heterocycles. The summed E-state index contributed by atoms with van der Waals surface area (Å²) in [5, 5.41) is 18.1. The quantitative estimate of drug-likeness (QED) is 0.709. The zero-order valence-electron chi connectivity index (χ0n) is 9.50. The molecule has 4 unspecified atom stereocenters. The highest BCUT2D eigenvalue weighted by Gasteiger charge is 2.42. The summed E-state index contributed by atoms with van der Waals surface area (Å²) in [6, 6.07) is 0.137. The number of nitrogens with zero attached hydrogens (tertiary/aromatic N) is 1. The van der Waals surface area contributed by atoms with Crippen LogP contribution in [-0.2, 0) is 9.53 Å². The van der Waals surface area contributed by atoms with Crippen molar-refractivity contribution in [1.29, 1.82) is 0 Å². The molecule has 0 aromatic rings. The van der Waals surface area contributed by atoms with Crippen molar-refractivity contribution in [3.05, 3.63) is 0 Å². The normalized spacial score (nSPS) is 40.4. The van der Waals surface area contributed by atoms with Crippen LogP contribution in [-0.4, -0.2) is 59.0 Å².